The van der Waals surface area contributed by atoms with Crippen molar-refractivity contribution in [2.45, 2.75) is 64.3 Å². The van der Waals surface area contributed by atoms with E-state index in [4.69, 9.17) is 0 Å². The predicted octanol–water partition coefficient (Wildman–Crippen LogP) is 3.19. The van der Waals surface area contributed by atoms with Crippen molar-refractivity contribution in [3.63, 3.8) is 0 Å². The Morgan fingerprint density at radius 3 is 1.87 bits per heavy atom. The number of amides is 1. The van der Waals surface area contributed by atoms with E-state index in [-0.39, 0.29) is 5.91 Å². The van der Waals surface area contributed by atoms with E-state index < -0.39 is 0 Å². The van der Waals surface area contributed by atoms with Crippen LogP contribution in [0.1, 0.15) is 62.5 Å². The van der Waals surface area contributed by atoms with Gasteiger partial charge in [0.25, 0.3) is 0 Å². The van der Waals surface area contributed by atoms with E-state index >= 15 is 0 Å². The number of benzene rings is 1. The van der Waals surface area contributed by atoms with Gasteiger partial charge in [0.1, 0.15) is 0 Å². The van der Waals surface area contributed by atoms with E-state index in [2.05, 4.69) is 44.7 Å². The SMILES string of the molecule is O=C(Cc1ccc(CNCCCN2CCCCC2)cc1)NCCCN1CCCCC1. The first-order valence-corrected chi connectivity index (χ1v) is 12.3. The molecule has 0 radical (unpaired) electrons. The minimum absolute atomic E-state index is 0.136. The highest BCUT2D eigenvalue weighted by molar-refractivity contribution is 5.78. The standard InChI is InChI=1S/C25H42N4O/c30-25(27-14-8-20-29-17-5-2-6-18-29)21-23-9-11-24(12-10-23)22-26-13-7-19-28-15-3-1-4-16-28/h9-12,26H,1-8,13-22H2,(H,27,30). The smallest absolute Gasteiger partial charge is 0.224 e. The number of hydrogen-bond donors (Lipinski definition) is 2. The quantitative estimate of drug-likeness (QED) is 0.516. The maximum Gasteiger partial charge on any atom is 0.224 e. The number of carbonyl (C=O) groups excluding carboxylic acids is 1. The van der Waals surface area contributed by atoms with Gasteiger partial charge >= 0.3 is 0 Å². The van der Waals surface area contributed by atoms with Crippen molar-refractivity contribution in [3.05, 3.63) is 35.4 Å². The molecule has 30 heavy (non-hydrogen) atoms. The fraction of sp³-hybridized carbons (Fsp3) is 0.720. The molecule has 0 spiro atoms. The summed E-state index contributed by atoms with van der Waals surface area (Å²) in [4.78, 5) is 17.3. The summed E-state index contributed by atoms with van der Waals surface area (Å²) in [5.41, 5.74) is 2.39. The van der Waals surface area contributed by atoms with Gasteiger partial charge in [-0.1, -0.05) is 37.1 Å². The third-order valence-corrected chi connectivity index (χ3v) is 6.42. The first-order valence-electron chi connectivity index (χ1n) is 12.3. The molecule has 2 heterocycles. The third kappa shape index (κ3) is 9.15. The second-order valence-corrected chi connectivity index (χ2v) is 9.03. The molecular weight excluding hydrogens is 372 g/mol. The molecule has 0 aliphatic carbocycles. The molecule has 3 rings (SSSR count). The van der Waals surface area contributed by atoms with Crippen LogP contribution in [0.15, 0.2) is 24.3 Å². The monoisotopic (exact) mass is 414 g/mol. The maximum atomic E-state index is 12.2. The zero-order valence-corrected chi connectivity index (χ0v) is 18.8. The van der Waals surface area contributed by atoms with E-state index in [0.717, 1.165) is 38.2 Å². The Hall–Kier alpha value is -1.43. The highest BCUT2D eigenvalue weighted by Crippen LogP contribution is 2.10. The summed E-state index contributed by atoms with van der Waals surface area (Å²) in [5, 5.41) is 6.63. The van der Waals surface area contributed by atoms with Gasteiger partial charge in [-0.15, -0.1) is 0 Å². The van der Waals surface area contributed by atoms with E-state index in [1.165, 1.54) is 83.2 Å². The molecule has 1 amide bonds. The fourth-order valence-electron chi connectivity index (χ4n) is 4.58. The van der Waals surface area contributed by atoms with Crippen molar-refractivity contribution < 1.29 is 4.79 Å². The molecule has 0 unspecified atom stereocenters. The number of rotatable bonds is 12. The van der Waals surface area contributed by atoms with Gasteiger partial charge < -0.3 is 20.4 Å². The van der Waals surface area contributed by atoms with Gasteiger partial charge in [-0.2, -0.15) is 0 Å². The Morgan fingerprint density at radius 2 is 1.27 bits per heavy atom. The average molecular weight is 415 g/mol. The zero-order valence-electron chi connectivity index (χ0n) is 18.8. The largest absolute Gasteiger partial charge is 0.356 e. The third-order valence-electron chi connectivity index (χ3n) is 6.42. The molecule has 5 heteroatoms. The minimum atomic E-state index is 0.136. The average Bonchev–Trinajstić information content (AvgIpc) is 2.79. The van der Waals surface area contributed by atoms with Gasteiger partial charge in [-0.3, -0.25) is 4.79 Å². The van der Waals surface area contributed by atoms with Crippen LogP contribution in [0, 0.1) is 0 Å². The molecule has 0 bridgehead atoms. The van der Waals surface area contributed by atoms with E-state index in [1.54, 1.807) is 0 Å². The molecule has 2 saturated heterocycles. The first kappa shape index (κ1) is 23.2. The summed E-state index contributed by atoms with van der Waals surface area (Å²) in [7, 11) is 0. The van der Waals surface area contributed by atoms with Crippen LogP contribution in [0.3, 0.4) is 0 Å². The van der Waals surface area contributed by atoms with Crippen molar-refractivity contribution in [1.29, 1.82) is 0 Å². The normalized spacial score (nSPS) is 18.4. The van der Waals surface area contributed by atoms with Gasteiger partial charge in [-0.05, 0) is 95.5 Å². The van der Waals surface area contributed by atoms with Crippen molar-refractivity contribution in [2.24, 2.45) is 0 Å². The Kier molecular flexibility index (Phi) is 10.7. The van der Waals surface area contributed by atoms with Crippen LogP contribution in [0.5, 0.6) is 0 Å². The second-order valence-electron chi connectivity index (χ2n) is 9.03. The molecule has 2 aliphatic heterocycles. The van der Waals surface area contributed by atoms with Gasteiger partial charge in [0, 0.05) is 13.1 Å². The lowest BCUT2D eigenvalue weighted by Crippen LogP contribution is -2.33. The first-order chi connectivity index (χ1) is 14.8. The van der Waals surface area contributed by atoms with Gasteiger partial charge in [0.15, 0.2) is 0 Å². The topological polar surface area (TPSA) is 47.6 Å². The molecule has 0 saturated carbocycles. The molecule has 5 nitrogen and oxygen atoms in total. The highest BCUT2D eigenvalue weighted by Gasteiger charge is 2.10. The van der Waals surface area contributed by atoms with Crippen LogP contribution >= 0.6 is 0 Å². The maximum absolute atomic E-state index is 12.2. The van der Waals surface area contributed by atoms with Gasteiger partial charge in [0.05, 0.1) is 6.42 Å². The van der Waals surface area contributed by atoms with Crippen molar-refractivity contribution in [2.75, 3.05) is 52.4 Å². The Morgan fingerprint density at radius 1 is 0.733 bits per heavy atom. The lowest BCUT2D eigenvalue weighted by molar-refractivity contribution is -0.120. The van der Waals surface area contributed by atoms with Crippen LogP contribution in [0.25, 0.3) is 0 Å². The van der Waals surface area contributed by atoms with Crippen molar-refractivity contribution in [3.8, 4) is 0 Å². The van der Waals surface area contributed by atoms with E-state index in [1.807, 2.05) is 0 Å². The van der Waals surface area contributed by atoms with Crippen molar-refractivity contribution in [1.82, 2.24) is 20.4 Å². The molecule has 0 atom stereocenters. The van der Waals surface area contributed by atoms with Gasteiger partial charge in [0.2, 0.25) is 5.91 Å². The molecule has 0 aromatic heterocycles. The zero-order chi connectivity index (χ0) is 20.9. The second kappa shape index (κ2) is 13.8. The number of likely N-dealkylation sites (tertiary alicyclic amines) is 2. The van der Waals surface area contributed by atoms with Gasteiger partial charge in [-0.25, -0.2) is 0 Å². The van der Waals surface area contributed by atoms with E-state index in [0.29, 0.717) is 6.42 Å². The molecule has 168 valence electrons. The molecule has 2 N–H and O–H groups in total. The van der Waals surface area contributed by atoms with E-state index in [9.17, 15) is 4.79 Å². The Balaban J connectivity index is 1.22. The summed E-state index contributed by atoms with van der Waals surface area (Å²) >= 11 is 0. The number of hydrogen-bond acceptors (Lipinski definition) is 4. The number of nitrogens with one attached hydrogen (secondary N) is 2. The predicted molar refractivity (Wildman–Crippen MR) is 125 cm³/mol. The minimum Gasteiger partial charge on any atom is -0.356 e. The summed E-state index contributed by atoms with van der Waals surface area (Å²) < 4.78 is 0. The van der Waals surface area contributed by atoms with Crippen LogP contribution in [0.2, 0.25) is 0 Å². The molecule has 2 aliphatic rings. The molecular formula is C25H42N4O. The Bertz CT molecular complexity index is 592. The fourth-order valence-corrected chi connectivity index (χ4v) is 4.58. The number of nitrogens with zero attached hydrogens (tertiary/aromatic N) is 2. The van der Waals surface area contributed by atoms with Crippen molar-refractivity contribution >= 4 is 5.91 Å². The lowest BCUT2D eigenvalue weighted by atomic mass is 10.1. The summed E-state index contributed by atoms with van der Waals surface area (Å²) in [5.74, 6) is 0.136. The molecule has 1 aromatic carbocycles. The molecule has 2 fully saturated rings. The summed E-state index contributed by atoms with van der Waals surface area (Å²) in [6.07, 6.45) is 10.9. The Labute approximate surface area is 183 Å². The molecule has 1 aromatic rings. The van der Waals surface area contributed by atoms with Crippen LogP contribution < -0.4 is 10.6 Å². The number of piperidine rings is 2. The highest BCUT2D eigenvalue weighted by atomic mass is 16.1. The van der Waals surface area contributed by atoms with Crippen LogP contribution in [-0.2, 0) is 17.8 Å². The van der Waals surface area contributed by atoms with Crippen LogP contribution in [-0.4, -0.2) is 68.1 Å². The summed E-state index contributed by atoms with van der Waals surface area (Å²) in [6.45, 7) is 10.1. The number of carbonyl (C=O) groups is 1. The lowest BCUT2D eigenvalue weighted by Gasteiger charge is -2.26. The summed E-state index contributed by atoms with van der Waals surface area (Å²) in [6, 6.07) is 8.49. The van der Waals surface area contributed by atoms with Crippen LogP contribution in [0.4, 0.5) is 0 Å².